The van der Waals surface area contributed by atoms with Crippen LogP contribution in [-0.4, -0.2) is 26.4 Å². The molecular formula is C11H12N2O4S3. The van der Waals surface area contributed by atoms with Crippen molar-refractivity contribution in [2.45, 2.75) is 18.4 Å². The monoisotopic (exact) mass is 332 g/mol. The van der Waals surface area contributed by atoms with Gasteiger partial charge < -0.3 is 4.74 Å². The number of aryl methyl sites for hydroxylation is 1. The molecule has 108 valence electrons. The second-order valence-electron chi connectivity index (χ2n) is 3.85. The van der Waals surface area contributed by atoms with Crippen LogP contribution in [0.4, 0.5) is 0 Å². The summed E-state index contributed by atoms with van der Waals surface area (Å²) in [5.41, 5.74) is 0.486. The Hall–Kier alpha value is -1.29. The lowest BCUT2D eigenvalue weighted by atomic mass is 10.4. The molecule has 9 heteroatoms. The fraction of sp³-hybridized carbons (Fsp3) is 0.273. The predicted molar refractivity (Wildman–Crippen MR) is 76.5 cm³/mol. The Labute approximate surface area is 124 Å². The summed E-state index contributed by atoms with van der Waals surface area (Å²) in [6, 6.07) is 1.44. The summed E-state index contributed by atoms with van der Waals surface area (Å²) < 4.78 is 30.9. The van der Waals surface area contributed by atoms with E-state index in [-0.39, 0.29) is 16.4 Å². The minimum Gasteiger partial charge on any atom is -0.378 e. The summed E-state index contributed by atoms with van der Waals surface area (Å²) in [5.74, 6) is -0.673. The molecule has 1 amide bonds. The van der Waals surface area contributed by atoms with E-state index in [1.807, 2.05) is 4.72 Å². The molecule has 2 heterocycles. The van der Waals surface area contributed by atoms with Crippen LogP contribution in [-0.2, 0) is 21.4 Å². The normalized spacial score (nSPS) is 11.5. The van der Waals surface area contributed by atoms with Gasteiger partial charge in [-0.25, -0.2) is 18.1 Å². The van der Waals surface area contributed by atoms with Crippen LogP contribution < -0.4 is 4.72 Å². The molecule has 6 nitrogen and oxygen atoms in total. The fourth-order valence-electron chi connectivity index (χ4n) is 1.48. The van der Waals surface area contributed by atoms with Gasteiger partial charge >= 0.3 is 0 Å². The number of ether oxygens (including phenoxy) is 1. The average molecular weight is 332 g/mol. The molecule has 20 heavy (non-hydrogen) atoms. The van der Waals surface area contributed by atoms with Gasteiger partial charge in [-0.15, -0.1) is 11.3 Å². The van der Waals surface area contributed by atoms with E-state index in [0.29, 0.717) is 10.7 Å². The lowest BCUT2D eigenvalue weighted by Gasteiger charge is -2.03. The highest BCUT2D eigenvalue weighted by atomic mass is 32.2. The van der Waals surface area contributed by atoms with Crippen LogP contribution in [0.3, 0.4) is 0 Å². The Balaban J connectivity index is 2.20. The smallest absolute Gasteiger partial charge is 0.277 e. The number of sulfonamides is 1. The Morgan fingerprint density at radius 1 is 1.50 bits per heavy atom. The molecule has 0 saturated carbocycles. The third-order valence-electron chi connectivity index (χ3n) is 2.35. The van der Waals surface area contributed by atoms with E-state index >= 15 is 0 Å². The highest BCUT2D eigenvalue weighted by molar-refractivity contribution is 7.90. The third-order valence-corrected chi connectivity index (χ3v) is 5.64. The fourth-order valence-corrected chi connectivity index (χ4v) is 4.46. The Bertz CT molecular complexity index is 704. The number of carbonyl (C=O) groups excluding carboxylic acids is 1. The molecule has 0 radical (unpaired) electrons. The van der Waals surface area contributed by atoms with Crippen LogP contribution in [0.15, 0.2) is 21.7 Å². The molecular weight excluding hydrogens is 320 g/mol. The largest absolute Gasteiger partial charge is 0.378 e. The van der Waals surface area contributed by atoms with Crippen LogP contribution in [0.1, 0.15) is 20.4 Å². The molecule has 2 aromatic rings. The molecule has 2 rings (SSSR count). The number of aromatic nitrogens is 1. The predicted octanol–water partition coefficient (Wildman–Crippen LogP) is 1.78. The molecule has 0 aliphatic carbocycles. The summed E-state index contributed by atoms with van der Waals surface area (Å²) in [6.07, 6.45) is 0. The van der Waals surface area contributed by atoms with Crippen molar-refractivity contribution in [2.75, 3.05) is 7.11 Å². The third kappa shape index (κ3) is 3.23. The van der Waals surface area contributed by atoms with Crippen molar-refractivity contribution in [3.8, 4) is 0 Å². The van der Waals surface area contributed by atoms with Gasteiger partial charge in [0.2, 0.25) is 0 Å². The molecule has 0 aromatic carbocycles. The number of thiazole rings is 1. The molecule has 0 aliphatic heterocycles. The summed E-state index contributed by atoms with van der Waals surface area (Å²) in [7, 11) is -2.30. The first-order valence-corrected chi connectivity index (χ1v) is 8.73. The maximum Gasteiger partial charge on any atom is 0.277 e. The SMILES string of the molecule is COCc1nc(C)c(C(=O)NS(=O)(=O)c2ccsc2)s1. The number of hydrogen-bond acceptors (Lipinski definition) is 7. The molecule has 1 N–H and O–H groups in total. The molecule has 0 aliphatic rings. The first-order chi connectivity index (χ1) is 9.44. The minimum absolute atomic E-state index is 0.0788. The first-order valence-electron chi connectivity index (χ1n) is 5.48. The van der Waals surface area contributed by atoms with Gasteiger partial charge in [0.1, 0.15) is 9.88 Å². The molecule has 0 fully saturated rings. The molecule has 0 unspecified atom stereocenters. The molecule has 2 aromatic heterocycles. The highest BCUT2D eigenvalue weighted by Crippen LogP contribution is 2.20. The Morgan fingerprint density at radius 2 is 2.25 bits per heavy atom. The van der Waals surface area contributed by atoms with E-state index < -0.39 is 15.9 Å². The second kappa shape index (κ2) is 6.00. The molecule has 0 spiro atoms. The van der Waals surface area contributed by atoms with Crippen molar-refractivity contribution in [3.63, 3.8) is 0 Å². The zero-order valence-corrected chi connectivity index (χ0v) is 13.2. The van der Waals surface area contributed by atoms with Crippen molar-refractivity contribution in [1.82, 2.24) is 9.71 Å². The summed E-state index contributed by atoms with van der Waals surface area (Å²) >= 11 is 2.37. The number of amides is 1. The standard InChI is InChI=1S/C11H12N2O4S3/c1-7-10(19-9(12-7)5-17-2)11(14)13-20(15,16)8-3-4-18-6-8/h3-4,6H,5H2,1-2H3,(H,13,14). The summed E-state index contributed by atoms with van der Waals surface area (Å²) in [5, 5.41) is 3.72. The van der Waals surface area contributed by atoms with Gasteiger partial charge in [-0.2, -0.15) is 11.3 Å². The zero-order valence-electron chi connectivity index (χ0n) is 10.7. The maximum absolute atomic E-state index is 12.0. The first kappa shape index (κ1) is 15.1. The van der Waals surface area contributed by atoms with Crippen LogP contribution in [0.25, 0.3) is 0 Å². The van der Waals surface area contributed by atoms with Crippen molar-refractivity contribution in [1.29, 1.82) is 0 Å². The van der Waals surface area contributed by atoms with Crippen LogP contribution >= 0.6 is 22.7 Å². The van der Waals surface area contributed by atoms with E-state index in [2.05, 4.69) is 4.98 Å². The number of nitrogens with one attached hydrogen (secondary N) is 1. The zero-order chi connectivity index (χ0) is 14.8. The van der Waals surface area contributed by atoms with E-state index in [1.165, 1.54) is 29.9 Å². The van der Waals surface area contributed by atoms with Crippen molar-refractivity contribution in [3.05, 3.63) is 32.4 Å². The van der Waals surface area contributed by atoms with E-state index in [9.17, 15) is 13.2 Å². The van der Waals surface area contributed by atoms with Crippen molar-refractivity contribution in [2.24, 2.45) is 0 Å². The lowest BCUT2D eigenvalue weighted by Crippen LogP contribution is -2.30. The van der Waals surface area contributed by atoms with Gasteiger partial charge in [0, 0.05) is 12.5 Å². The highest BCUT2D eigenvalue weighted by Gasteiger charge is 2.22. The topological polar surface area (TPSA) is 85.4 Å². The number of hydrogen-bond donors (Lipinski definition) is 1. The number of methoxy groups -OCH3 is 1. The van der Waals surface area contributed by atoms with Gasteiger partial charge in [0.15, 0.2) is 0 Å². The lowest BCUT2D eigenvalue weighted by molar-refractivity contribution is 0.0984. The quantitative estimate of drug-likeness (QED) is 0.902. The van der Waals surface area contributed by atoms with E-state index in [0.717, 1.165) is 11.3 Å². The number of nitrogens with zero attached hydrogens (tertiary/aromatic N) is 1. The van der Waals surface area contributed by atoms with Gasteiger partial charge in [-0.3, -0.25) is 4.79 Å². The summed E-state index contributed by atoms with van der Waals surface area (Å²) in [4.78, 5) is 16.5. The average Bonchev–Trinajstić information content (AvgIpc) is 2.98. The number of rotatable bonds is 5. The number of carbonyl (C=O) groups is 1. The molecule has 0 atom stereocenters. The van der Waals surface area contributed by atoms with Gasteiger partial charge in [0.05, 0.1) is 17.2 Å². The maximum atomic E-state index is 12.0. The van der Waals surface area contributed by atoms with Gasteiger partial charge in [-0.1, -0.05) is 0 Å². The Morgan fingerprint density at radius 3 is 2.85 bits per heavy atom. The molecule has 0 saturated heterocycles. The number of thiophene rings is 1. The van der Waals surface area contributed by atoms with E-state index in [4.69, 9.17) is 4.74 Å². The van der Waals surface area contributed by atoms with Crippen molar-refractivity contribution >= 4 is 38.6 Å². The Kier molecular flexibility index (Phi) is 4.53. The van der Waals surface area contributed by atoms with Crippen molar-refractivity contribution < 1.29 is 17.9 Å². The molecule has 0 bridgehead atoms. The van der Waals surface area contributed by atoms with Gasteiger partial charge in [0.25, 0.3) is 15.9 Å². The minimum atomic E-state index is -3.83. The van der Waals surface area contributed by atoms with Crippen LogP contribution in [0.5, 0.6) is 0 Å². The van der Waals surface area contributed by atoms with Gasteiger partial charge in [-0.05, 0) is 18.4 Å². The van der Waals surface area contributed by atoms with Crippen LogP contribution in [0.2, 0.25) is 0 Å². The van der Waals surface area contributed by atoms with Crippen LogP contribution in [0, 0.1) is 6.92 Å². The summed E-state index contributed by atoms with van der Waals surface area (Å²) in [6.45, 7) is 1.94. The second-order valence-corrected chi connectivity index (χ2v) is 7.39. The van der Waals surface area contributed by atoms with E-state index in [1.54, 1.807) is 12.3 Å².